The van der Waals surface area contributed by atoms with Gasteiger partial charge in [-0.15, -0.1) is 0 Å². The van der Waals surface area contributed by atoms with E-state index in [9.17, 15) is 18.3 Å². The largest absolute Gasteiger partial charge is 0.487 e. The van der Waals surface area contributed by atoms with Crippen molar-refractivity contribution in [3.63, 3.8) is 0 Å². The molecule has 4 atom stereocenters. The molecule has 0 unspecified atom stereocenters. The fourth-order valence-corrected chi connectivity index (χ4v) is 5.97. The molecule has 2 aromatic carbocycles. The molecule has 3 heterocycles. The van der Waals surface area contributed by atoms with Crippen molar-refractivity contribution in [1.82, 2.24) is 4.90 Å². The number of ether oxygens (including phenoxy) is 3. The first-order valence-corrected chi connectivity index (χ1v) is 12.9. The number of rotatable bonds is 6. The monoisotopic (exact) mass is 488 g/mol. The van der Waals surface area contributed by atoms with Gasteiger partial charge in [-0.05, 0) is 36.8 Å². The fraction of sp³-hybridized carbons (Fsp3) is 0.458. The lowest BCUT2D eigenvalue weighted by Crippen LogP contribution is -2.48. The van der Waals surface area contributed by atoms with Crippen molar-refractivity contribution in [3.05, 3.63) is 54.1 Å². The van der Waals surface area contributed by atoms with E-state index in [1.54, 1.807) is 41.3 Å². The van der Waals surface area contributed by atoms with Crippen LogP contribution in [0.5, 0.6) is 5.75 Å². The molecule has 0 aliphatic carbocycles. The van der Waals surface area contributed by atoms with E-state index in [0.29, 0.717) is 44.2 Å². The Morgan fingerprint density at radius 2 is 1.88 bits per heavy atom. The average Bonchev–Trinajstić information content (AvgIpc) is 3.22. The summed E-state index contributed by atoms with van der Waals surface area (Å²) < 4.78 is 45.6. The molecular formula is C24H28N2O7S. The molecule has 0 bridgehead atoms. The molecule has 1 amide bonds. The highest BCUT2D eigenvalue weighted by Crippen LogP contribution is 2.47. The van der Waals surface area contributed by atoms with Gasteiger partial charge in [0, 0.05) is 30.3 Å². The number of nitrogens with zero attached hydrogens (tertiary/aromatic N) is 1. The second-order valence-electron chi connectivity index (χ2n) is 8.77. The van der Waals surface area contributed by atoms with Crippen molar-refractivity contribution in [2.75, 3.05) is 37.6 Å². The number of nitrogens with one attached hydrogen (secondary N) is 1. The Labute approximate surface area is 198 Å². The smallest absolute Gasteiger partial charge is 0.261 e. The van der Waals surface area contributed by atoms with E-state index < -0.39 is 22.2 Å². The molecule has 3 aliphatic heterocycles. The van der Waals surface area contributed by atoms with E-state index >= 15 is 0 Å². The first kappa shape index (κ1) is 23.1. The normalized spacial score (nSPS) is 26.3. The summed E-state index contributed by atoms with van der Waals surface area (Å²) in [6.07, 6.45) is -0.573. The number of hydrogen-bond donors (Lipinski definition) is 2. The molecule has 182 valence electrons. The third kappa shape index (κ3) is 4.63. The van der Waals surface area contributed by atoms with E-state index in [4.69, 9.17) is 14.2 Å². The SMILES string of the molecule is O=C(C[C@H]1C[C@@H]2c3cc(NS(=O)(=O)c4ccccc4)ccc3O[C@@H]2[C@H](CO)O1)N1CCOCC1. The summed E-state index contributed by atoms with van der Waals surface area (Å²) >= 11 is 0. The third-order valence-electron chi connectivity index (χ3n) is 6.57. The predicted octanol–water partition coefficient (Wildman–Crippen LogP) is 1.73. The molecule has 3 aliphatic rings. The highest BCUT2D eigenvalue weighted by atomic mass is 32.2. The molecule has 2 N–H and O–H groups in total. The van der Waals surface area contributed by atoms with Crippen LogP contribution in [0.15, 0.2) is 53.4 Å². The summed E-state index contributed by atoms with van der Waals surface area (Å²) in [5.41, 5.74) is 1.28. The lowest BCUT2D eigenvalue weighted by molar-refractivity contribution is -0.151. The van der Waals surface area contributed by atoms with Crippen LogP contribution in [-0.4, -0.2) is 75.6 Å². The molecule has 2 saturated heterocycles. The van der Waals surface area contributed by atoms with Gasteiger partial charge in [0.05, 0.1) is 37.2 Å². The molecule has 0 radical (unpaired) electrons. The summed E-state index contributed by atoms with van der Waals surface area (Å²) in [5.74, 6) is 0.524. The van der Waals surface area contributed by atoms with E-state index in [0.717, 1.165) is 5.56 Å². The van der Waals surface area contributed by atoms with Gasteiger partial charge in [0.2, 0.25) is 5.91 Å². The minimum atomic E-state index is -3.73. The number of carbonyl (C=O) groups excluding carboxylic acids is 1. The van der Waals surface area contributed by atoms with Crippen LogP contribution in [0.4, 0.5) is 5.69 Å². The molecule has 2 fully saturated rings. The summed E-state index contributed by atoms with van der Waals surface area (Å²) in [4.78, 5) is 14.7. The number of morpholine rings is 1. The molecular weight excluding hydrogens is 460 g/mol. The zero-order chi connectivity index (χ0) is 23.7. The second kappa shape index (κ2) is 9.53. The topological polar surface area (TPSA) is 114 Å². The van der Waals surface area contributed by atoms with Gasteiger partial charge < -0.3 is 24.2 Å². The van der Waals surface area contributed by atoms with Gasteiger partial charge >= 0.3 is 0 Å². The number of aliphatic hydroxyl groups excluding tert-OH is 1. The van der Waals surface area contributed by atoms with E-state index in [2.05, 4.69) is 4.72 Å². The number of amides is 1. The second-order valence-corrected chi connectivity index (χ2v) is 10.5. The summed E-state index contributed by atoms with van der Waals surface area (Å²) in [7, 11) is -3.73. The molecule has 2 aromatic rings. The highest BCUT2D eigenvalue weighted by Gasteiger charge is 2.46. The average molecular weight is 489 g/mol. The lowest BCUT2D eigenvalue weighted by Gasteiger charge is -2.38. The van der Waals surface area contributed by atoms with Gasteiger partial charge in [-0.2, -0.15) is 0 Å². The number of carbonyl (C=O) groups is 1. The van der Waals surface area contributed by atoms with Crippen LogP contribution >= 0.6 is 0 Å². The number of anilines is 1. The van der Waals surface area contributed by atoms with Gasteiger partial charge in [-0.3, -0.25) is 9.52 Å². The minimum absolute atomic E-state index is 0.00644. The molecule has 0 saturated carbocycles. The number of hydrogen-bond acceptors (Lipinski definition) is 7. The van der Waals surface area contributed by atoms with Crippen LogP contribution in [-0.2, 0) is 24.3 Å². The Kier molecular flexibility index (Phi) is 6.48. The van der Waals surface area contributed by atoms with Crippen LogP contribution in [0.2, 0.25) is 0 Å². The Bertz CT molecular complexity index is 1140. The third-order valence-corrected chi connectivity index (χ3v) is 7.97. The summed E-state index contributed by atoms with van der Waals surface area (Å²) in [6, 6.07) is 13.3. The maximum Gasteiger partial charge on any atom is 0.261 e. The standard InChI is InChI=1S/C24H28N2O7S/c27-15-22-24-20(13-17(32-22)14-23(28)26-8-10-31-11-9-26)19-12-16(6-7-21(19)33-24)25-34(29,30)18-4-2-1-3-5-18/h1-7,12,17,20,22,24-25,27H,8-11,13-15H2/t17-,20-,22+,24+/m1/s1. The quantitative estimate of drug-likeness (QED) is 0.637. The number of fused-ring (bicyclic) bond motifs is 3. The van der Waals surface area contributed by atoms with Crippen LogP contribution < -0.4 is 9.46 Å². The zero-order valence-electron chi connectivity index (χ0n) is 18.6. The fourth-order valence-electron chi connectivity index (χ4n) is 4.90. The molecule has 10 heteroatoms. The Hall–Kier alpha value is -2.66. The maximum atomic E-state index is 12.8. The predicted molar refractivity (Wildman–Crippen MR) is 123 cm³/mol. The number of sulfonamides is 1. The Balaban J connectivity index is 1.34. The molecule has 0 aromatic heterocycles. The van der Waals surface area contributed by atoms with Crippen molar-refractivity contribution in [1.29, 1.82) is 0 Å². The first-order chi connectivity index (χ1) is 16.4. The van der Waals surface area contributed by atoms with Gasteiger partial charge in [0.15, 0.2) is 0 Å². The Morgan fingerprint density at radius 3 is 2.62 bits per heavy atom. The molecule has 5 rings (SSSR count). The summed E-state index contributed by atoms with van der Waals surface area (Å²) in [5, 5.41) is 9.94. The molecule has 0 spiro atoms. The van der Waals surface area contributed by atoms with Gasteiger partial charge in [-0.1, -0.05) is 18.2 Å². The van der Waals surface area contributed by atoms with Crippen LogP contribution in [0.25, 0.3) is 0 Å². The number of benzene rings is 2. The van der Waals surface area contributed by atoms with Gasteiger partial charge in [0.1, 0.15) is 18.0 Å². The van der Waals surface area contributed by atoms with Crippen LogP contribution in [0.3, 0.4) is 0 Å². The maximum absolute atomic E-state index is 12.8. The van der Waals surface area contributed by atoms with E-state index in [1.807, 2.05) is 0 Å². The van der Waals surface area contributed by atoms with Crippen molar-refractivity contribution in [2.24, 2.45) is 0 Å². The van der Waals surface area contributed by atoms with Gasteiger partial charge in [0.25, 0.3) is 10.0 Å². The van der Waals surface area contributed by atoms with Crippen molar-refractivity contribution in [3.8, 4) is 5.75 Å². The van der Waals surface area contributed by atoms with E-state index in [-0.39, 0.29) is 35.9 Å². The van der Waals surface area contributed by atoms with Crippen LogP contribution in [0, 0.1) is 0 Å². The summed E-state index contributed by atoms with van der Waals surface area (Å²) in [6.45, 7) is 1.97. The van der Waals surface area contributed by atoms with Crippen molar-refractivity contribution < 1.29 is 32.5 Å². The van der Waals surface area contributed by atoms with Crippen LogP contribution in [0.1, 0.15) is 24.3 Å². The zero-order valence-corrected chi connectivity index (χ0v) is 19.4. The van der Waals surface area contributed by atoms with E-state index in [1.165, 1.54) is 12.1 Å². The molecule has 9 nitrogen and oxygen atoms in total. The minimum Gasteiger partial charge on any atom is -0.487 e. The molecule has 34 heavy (non-hydrogen) atoms. The highest BCUT2D eigenvalue weighted by molar-refractivity contribution is 7.92. The van der Waals surface area contributed by atoms with Crippen molar-refractivity contribution in [2.45, 2.75) is 42.0 Å². The van der Waals surface area contributed by atoms with Crippen molar-refractivity contribution >= 4 is 21.6 Å². The Morgan fingerprint density at radius 1 is 1.12 bits per heavy atom. The first-order valence-electron chi connectivity index (χ1n) is 11.4. The lowest BCUT2D eigenvalue weighted by atomic mass is 9.84. The van der Waals surface area contributed by atoms with Gasteiger partial charge in [-0.25, -0.2) is 8.42 Å². The number of aliphatic hydroxyl groups is 1.